The molecule has 1 heterocycles. The SMILES string of the molecule is BC(O)(CNC(=O)c1cc(C(C)(O)O)[nH]n1)N/C=C\C(=N)c1ccc(C#N)c(Cl)c1. The highest BCUT2D eigenvalue weighted by Crippen LogP contribution is 2.17. The van der Waals surface area contributed by atoms with Gasteiger partial charge in [0.1, 0.15) is 17.4 Å². The minimum atomic E-state index is -2.16. The summed E-state index contributed by atoms with van der Waals surface area (Å²) < 4.78 is 0. The Hall–Kier alpha value is -3.17. The van der Waals surface area contributed by atoms with E-state index in [1.165, 1.54) is 38.3 Å². The second-order valence-corrected chi connectivity index (χ2v) is 7.25. The number of amides is 1. The number of aromatic nitrogens is 2. The van der Waals surface area contributed by atoms with Crippen LogP contribution in [0.4, 0.5) is 0 Å². The van der Waals surface area contributed by atoms with Gasteiger partial charge >= 0.3 is 0 Å². The molecule has 30 heavy (non-hydrogen) atoms. The maximum absolute atomic E-state index is 12.1. The predicted octanol–water partition coefficient (Wildman–Crippen LogP) is -0.728. The topological polar surface area (TPSA) is 178 Å². The van der Waals surface area contributed by atoms with Crippen LogP contribution in [0.3, 0.4) is 0 Å². The Balaban J connectivity index is 1.91. The average Bonchev–Trinajstić information content (AvgIpc) is 3.16. The molecule has 1 unspecified atom stereocenters. The molecule has 2 aromatic rings. The molecule has 0 aliphatic heterocycles. The van der Waals surface area contributed by atoms with Gasteiger partial charge in [-0.3, -0.25) is 9.89 Å². The number of nitrogens with one attached hydrogen (secondary N) is 4. The Morgan fingerprint density at radius 2 is 2.13 bits per heavy atom. The van der Waals surface area contributed by atoms with Crippen LogP contribution >= 0.6 is 11.6 Å². The number of H-pyrrole nitrogens is 1. The first-order valence-corrected chi connectivity index (χ1v) is 9.05. The van der Waals surface area contributed by atoms with E-state index in [0.717, 1.165) is 6.92 Å². The number of carbonyl (C=O) groups excluding carboxylic acids is 1. The third-order valence-electron chi connectivity index (χ3n) is 3.96. The van der Waals surface area contributed by atoms with Gasteiger partial charge in [-0.05, 0) is 31.2 Å². The summed E-state index contributed by atoms with van der Waals surface area (Å²) in [4.78, 5) is 12.1. The van der Waals surface area contributed by atoms with Crippen LogP contribution in [0.25, 0.3) is 0 Å². The summed E-state index contributed by atoms with van der Waals surface area (Å²) in [6, 6.07) is 7.70. The van der Waals surface area contributed by atoms with Crippen molar-refractivity contribution < 1.29 is 20.1 Å². The molecule has 0 saturated heterocycles. The van der Waals surface area contributed by atoms with Crippen LogP contribution in [0, 0.1) is 16.7 Å². The number of aromatic amines is 1. The number of aliphatic hydroxyl groups is 3. The van der Waals surface area contributed by atoms with Gasteiger partial charge in [0.15, 0.2) is 7.85 Å². The summed E-state index contributed by atoms with van der Waals surface area (Å²) in [5, 5.41) is 57.6. The van der Waals surface area contributed by atoms with Crippen molar-refractivity contribution in [2.24, 2.45) is 0 Å². The van der Waals surface area contributed by atoms with Crippen molar-refractivity contribution in [3.63, 3.8) is 0 Å². The summed E-state index contributed by atoms with van der Waals surface area (Å²) in [6.07, 6.45) is 2.73. The summed E-state index contributed by atoms with van der Waals surface area (Å²) in [7, 11) is 1.41. The molecule has 10 nitrogen and oxygen atoms in total. The monoisotopic (exact) mass is 430 g/mol. The number of rotatable bonds is 8. The zero-order valence-corrected chi connectivity index (χ0v) is 16.9. The molecule has 156 valence electrons. The van der Waals surface area contributed by atoms with Crippen molar-refractivity contribution in [1.29, 1.82) is 10.7 Å². The summed E-state index contributed by atoms with van der Waals surface area (Å²) in [5.74, 6) is -2.79. The van der Waals surface area contributed by atoms with Gasteiger partial charge in [0.2, 0.25) is 5.79 Å². The molecule has 0 bridgehead atoms. The van der Waals surface area contributed by atoms with Crippen LogP contribution in [-0.2, 0) is 5.79 Å². The Kier molecular flexibility index (Phi) is 7.02. The summed E-state index contributed by atoms with van der Waals surface area (Å²) >= 11 is 5.95. The second kappa shape index (κ2) is 9.10. The third-order valence-corrected chi connectivity index (χ3v) is 4.27. The highest BCUT2D eigenvalue weighted by molar-refractivity contribution is 6.32. The van der Waals surface area contributed by atoms with Crippen molar-refractivity contribution in [3.05, 3.63) is 64.1 Å². The van der Waals surface area contributed by atoms with Crippen molar-refractivity contribution in [3.8, 4) is 6.07 Å². The van der Waals surface area contributed by atoms with E-state index in [9.17, 15) is 20.1 Å². The molecule has 1 atom stereocenters. The maximum atomic E-state index is 12.1. The van der Waals surface area contributed by atoms with Gasteiger partial charge in [0.25, 0.3) is 5.91 Å². The smallest absolute Gasteiger partial charge is 0.271 e. The van der Waals surface area contributed by atoms with Gasteiger partial charge < -0.3 is 31.4 Å². The lowest BCUT2D eigenvalue weighted by Crippen LogP contribution is -2.52. The van der Waals surface area contributed by atoms with E-state index in [1.807, 2.05) is 6.07 Å². The highest BCUT2D eigenvalue weighted by atomic mass is 35.5. The molecule has 0 aliphatic rings. The minimum Gasteiger partial charge on any atom is -0.378 e. The number of allylic oxidation sites excluding steroid dienone is 1. The van der Waals surface area contributed by atoms with Gasteiger partial charge in [0, 0.05) is 11.8 Å². The van der Waals surface area contributed by atoms with E-state index in [1.54, 1.807) is 6.07 Å². The Morgan fingerprint density at radius 3 is 2.70 bits per heavy atom. The van der Waals surface area contributed by atoms with E-state index >= 15 is 0 Å². The van der Waals surface area contributed by atoms with E-state index in [0.29, 0.717) is 11.1 Å². The Labute approximate surface area is 178 Å². The van der Waals surface area contributed by atoms with Gasteiger partial charge in [-0.1, -0.05) is 17.7 Å². The lowest BCUT2D eigenvalue weighted by molar-refractivity contribution is -0.155. The lowest BCUT2D eigenvalue weighted by atomic mass is 9.91. The molecule has 0 saturated carbocycles. The van der Waals surface area contributed by atoms with Crippen molar-refractivity contribution >= 4 is 31.1 Å². The number of nitriles is 1. The fraction of sp³-hybridized carbons (Fsp3) is 0.222. The number of nitrogens with zero attached hydrogens (tertiary/aromatic N) is 2. The molecular weight excluding hydrogens is 411 g/mol. The van der Waals surface area contributed by atoms with Crippen molar-refractivity contribution in [2.75, 3.05) is 6.54 Å². The second-order valence-electron chi connectivity index (χ2n) is 6.84. The largest absolute Gasteiger partial charge is 0.378 e. The normalized spacial score (nSPS) is 13.5. The molecule has 0 spiro atoms. The first kappa shape index (κ1) is 23.1. The third kappa shape index (κ3) is 6.17. The number of carbonyl (C=O) groups is 1. The lowest BCUT2D eigenvalue weighted by Gasteiger charge is -2.24. The highest BCUT2D eigenvalue weighted by Gasteiger charge is 2.24. The maximum Gasteiger partial charge on any atom is 0.271 e. The van der Waals surface area contributed by atoms with Crippen LogP contribution in [-0.4, -0.2) is 57.2 Å². The van der Waals surface area contributed by atoms with Gasteiger partial charge in [0.05, 0.1) is 28.5 Å². The number of benzene rings is 1. The molecule has 0 fully saturated rings. The molecular formula is C18H20BClN6O4. The molecule has 1 aromatic carbocycles. The number of halogens is 1. The Bertz CT molecular complexity index is 1020. The zero-order chi connectivity index (χ0) is 22.5. The number of hydrogen-bond donors (Lipinski definition) is 7. The van der Waals surface area contributed by atoms with E-state index in [-0.39, 0.29) is 28.7 Å². The van der Waals surface area contributed by atoms with Crippen LogP contribution < -0.4 is 10.6 Å². The Morgan fingerprint density at radius 1 is 1.43 bits per heavy atom. The average molecular weight is 431 g/mol. The molecule has 1 amide bonds. The van der Waals surface area contributed by atoms with Crippen molar-refractivity contribution in [1.82, 2.24) is 20.8 Å². The summed E-state index contributed by atoms with van der Waals surface area (Å²) in [6.45, 7) is 0.913. The molecule has 12 heteroatoms. The molecule has 1 aromatic heterocycles. The van der Waals surface area contributed by atoms with Gasteiger partial charge in [-0.2, -0.15) is 10.4 Å². The van der Waals surface area contributed by atoms with E-state index in [4.69, 9.17) is 22.3 Å². The minimum absolute atomic E-state index is 0.0538. The van der Waals surface area contributed by atoms with Crippen LogP contribution in [0.15, 0.2) is 36.5 Å². The quantitative estimate of drug-likeness (QED) is 0.164. The van der Waals surface area contributed by atoms with E-state index in [2.05, 4.69) is 20.8 Å². The fourth-order valence-electron chi connectivity index (χ4n) is 2.25. The first-order valence-electron chi connectivity index (χ1n) is 8.67. The zero-order valence-electron chi connectivity index (χ0n) is 16.2. The van der Waals surface area contributed by atoms with Crippen LogP contribution in [0.2, 0.25) is 5.02 Å². The molecule has 0 aliphatic carbocycles. The standard InChI is InChI=1S/C18H20BClN6O4/c1-17(28,29)15-7-14(25-26-15)16(27)23-9-18(19,30)24-5-4-13(22)10-2-3-11(8-21)12(20)6-10/h2-7,22,24,28-30H,9,19H2,1H3,(H,23,27)(H,25,26)/b5-4-,22-13?. The molecule has 2 rings (SSSR count). The van der Waals surface area contributed by atoms with Crippen molar-refractivity contribution in [2.45, 2.75) is 18.3 Å². The summed E-state index contributed by atoms with van der Waals surface area (Å²) in [5.41, 5.74) is -0.795. The molecule has 7 N–H and O–H groups in total. The fourth-order valence-corrected chi connectivity index (χ4v) is 2.47. The van der Waals surface area contributed by atoms with Crippen LogP contribution in [0.5, 0.6) is 0 Å². The molecule has 0 radical (unpaired) electrons. The first-order chi connectivity index (χ1) is 13.9. The van der Waals surface area contributed by atoms with E-state index < -0.39 is 17.3 Å². The van der Waals surface area contributed by atoms with Crippen LogP contribution in [0.1, 0.15) is 34.2 Å². The number of hydrogen-bond acceptors (Lipinski definition) is 8. The van der Waals surface area contributed by atoms with Gasteiger partial charge in [-0.25, -0.2) is 0 Å². The predicted molar refractivity (Wildman–Crippen MR) is 111 cm³/mol. The van der Waals surface area contributed by atoms with Gasteiger partial charge in [-0.15, -0.1) is 0 Å².